The molecule has 144 valence electrons. The number of aliphatic carboxylic acids is 1. The van der Waals surface area contributed by atoms with E-state index < -0.39 is 29.7 Å². The smallest absolute Gasteiger partial charge is 0.320 e. The maximum absolute atomic E-state index is 14.7. The molecule has 0 radical (unpaired) electrons. The summed E-state index contributed by atoms with van der Waals surface area (Å²) in [6, 6.07) is 10.1. The summed E-state index contributed by atoms with van der Waals surface area (Å²) in [7, 11) is 0. The molecule has 1 aliphatic heterocycles. The third-order valence-corrected chi connectivity index (χ3v) is 5.34. The molecule has 1 fully saturated rings. The van der Waals surface area contributed by atoms with E-state index in [9.17, 15) is 18.7 Å². The van der Waals surface area contributed by atoms with Crippen molar-refractivity contribution in [2.75, 3.05) is 6.54 Å². The van der Waals surface area contributed by atoms with E-state index in [1.807, 2.05) is 29.2 Å². The van der Waals surface area contributed by atoms with Gasteiger partial charge in [0.25, 0.3) is 0 Å². The van der Waals surface area contributed by atoms with E-state index in [0.717, 1.165) is 30.0 Å². The van der Waals surface area contributed by atoms with Crippen LogP contribution in [0.5, 0.6) is 0 Å². The summed E-state index contributed by atoms with van der Waals surface area (Å²) in [6.45, 7) is 4.75. The molecule has 2 aromatic rings. The Labute approximate surface area is 158 Å². The average Bonchev–Trinajstić information content (AvgIpc) is 2.64. The highest BCUT2D eigenvalue weighted by Gasteiger charge is 2.36. The molecule has 0 amide bonds. The lowest BCUT2D eigenvalue weighted by atomic mass is 9.90. The number of likely N-dealkylation sites (tertiary alicyclic amines) is 1. The molecular weight excluding hydrogens is 348 g/mol. The monoisotopic (exact) mass is 373 g/mol. The average molecular weight is 373 g/mol. The minimum atomic E-state index is -0.902. The quantitative estimate of drug-likeness (QED) is 0.791. The van der Waals surface area contributed by atoms with Crippen molar-refractivity contribution in [3.63, 3.8) is 0 Å². The molecule has 1 heterocycles. The zero-order chi connectivity index (χ0) is 19.6. The summed E-state index contributed by atoms with van der Waals surface area (Å²) in [4.78, 5) is 13.7. The second kappa shape index (κ2) is 8.17. The highest BCUT2D eigenvalue weighted by Crippen LogP contribution is 2.36. The lowest BCUT2D eigenvalue weighted by Crippen LogP contribution is -2.47. The largest absolute Gasteiger partial charge is 0.480 e. The Balaban J connectivity index is 2.09. The van der Waals surface area contributed by atoms with Crippen LogP contribution in [0, 0.1) is 11.6 Å². The summed E-state index contributed by atoms with van der Waals surface area (Å²) < 4.78 is 28.1. The van der Waals surface area contributed by atoms with Crippen LogP contribution in [0.15, 0.2) is 42.5 Å². The van der Waals surface area contributed by atoms with Gasteiger partial charge < -0.3 is 5.11 Å². The maximum atomic E-state index is 14.7. The molecule has 2 aromatic carbocycles. The molecule has 0 aliphatic carbocycles. The van der Waals surface area contributed by atoms with Gasteiger partial charge >= 0.3 is 5.97 Å². The maximum Gasteiger partial charge on any atom is 0.320 e. The Bertz CT molecular complexity index is 804. The molecular formula is C22H25F2NO2. The summed E-state index contributed by atoms with van der Waals surface area (Å²) >= 11 is 0. The van der Waals surface area contributed by atoms with Crippen molar-refractivity contribution in [2.24, 2.45) is 0 Å². The van der Waals surface area contributed by atoms with Gasteiger partial charge in [0, 0.05) is 11.6 Å². The van der Waals surface area contributed by atoms with Crippen LogP contribution >= 0.6 is 0 Å². The Morgan fingerprint density at radius 3 is 2.33 bits per heavy atom. The lowest BCUT2D eigenvalue weighted by molar-refractivity contribution is -0.145. The molecule has 2 atom stereocenters. The number of piperidine rings is 1. The summed E-state index contributed by atoms with van der Waals surface area (Å²) in [5, 5.41) is 9.69. The summed E-state index contributed by atoms with van der Waals surface area (Å²) in [5.74, 6) is -1.83. The molecule has 1 aliphatic rings. The van der Waals surface area contributed by atoms with E-state index in [1.165, 1.54) is 12.1 Å². The van der Waals surface area contributed by atoms with Gasteiger partial charge in [-0.15, -0.1) is 0 Å². The van der Waals surface area contributed by atoms with E-state index in [2.05, 4.69) is 13.8 Å². The highest BCUT2D eigenvalue weighted by atomic mass is 19.1. The van der Waals surface area contributed by atoms with Gasteiger partial charge in [0.15, 0.2) is 0 Å². The van der Waals surface area contributed by atoms with Crippen molar-refractivity contribution in [3.05, 3.63) is 70.8 Å². The molecule has 5 heteroatoms. The van der Waals surface area contributed by atoms with Gasteiger partial charge in [-0.3, -0.25) is 9.69 Å². The number of hydrogen-bond acceptors (Lipinski definition) is 2. The minimum absolute atomic E-state index is 0.307. The second-order valence-corrected chi connectivity index (χ2v) is 7.48. The molecule has 0 saturated carbocycles. The van der Waals surface area contributed by atoms with E-state index in [1.54, 1.807) is 0 Å². The number of carboxylic acid groups (broad SMARTS) is 1. The van der Waals surface area contributed by atoms with Gasteiger partial charge in [-0.25, -0.2) is 8.78 Å². The second-order valence-electron chi connectivity index (χ2n) is 7.48. The molecule has 2 unspecified atom stereocenters. The zero-order valence-corrected chi connectivity index (χ0v) is 15.7. The first-order valence-corrected chi connectivity index (χ1v) is 9.42. The van der Waals surface area contributed by atoms with Crippen LogP contribution in [-0.2, 0) is 4.79 Å². The molecule has 1 saturated heterocycles. The standard InChI is InChI=1S/C22H25F2NO2/c1-14(2)15-6-8-16(9-7-15)21(18-11-10-17(23)13-19(18)24)25-12-4-3-5-20(25)22(26)27/h6-11,13-14,20-21H,3-5,12H2,1-2H3,(H,26,27). The first kappa shape index (κ1) is 19.5. The lowest BCUT2D eigenvalue weighted by Gasteiger charge is -2.39. The van der Waals surface area contributed by atoms with E-state index >= 15 is 0 Å². The number of carbonyl (C=O) groups is 1. The van der Waals surface area contributed by atoms with Crippen LogP contribution in [0.25, 0.3) is 0 Å². The van der Waals surface area contributed by atoms with Crippen molar-refractivity contribution >= 4 is 5.97 Å². The van der Waals surface area contributed by atoms with Crippen molar-refractivity contribution in [1.82, 2.24) is 4.90 Å². The third-order valence-electron chi connectivity index (χ3n) is 5.34. The molecule has 3 nitrogen and oxygen atoms in total. The van der Waals surface area contributed by atoms with Crippen molar-refractivity contribution in [1.29, 1.82) is 0 Å². The molecule has 27 heavy (non-hydrogen) atoms. The van der Waals surface area contributed by atoms with Gasteiger partial charge in [-0.05, 0) is 42.5 Å². The number of rotatable bonds is 5. The highest BCUT2D eigenvalue weighted by molar-refractivity contribution is 5.73. The van der Waals surface area contributed by atoms with Crippen LogP contribution < -0.4 is 0 Å². The Morgan fingerprint density at radius 1 is 1.07 bits per heavy atom. The van der Waals surface area contributed by atoms with Gasteiger partial charge in [-0.2, -0.15) is 0 Å². The Morgan fingerprint density at radius 2 is 1.74 bits per heavy atom. The van der Waals surface area contributed by atoms with Crippen molar-refractivity contribution < 1.29 is 18.7 Å². The van der Waals surface area contributed by atoms with Crippen molar-refractivity contribution in [3.8, 4) is 0 Å². The fourth-order valence-electron chi connectivity index (χ4n) is 3.86. The fraction of sp³-hybridized carbons (Fsp3) is 0.409. The number of hydrogen-bond donors (Lipinski definition) is 1. The normalized spacial score (nSPS) is 19.2. The minimum Gasteiger partial charge on any atom is -0.480 e. The molecule has 0 spiro atoms. The van der Waals surface area contributed by atoms with Crippen LogP contribution in [0.1, 0.15) is 61.8 Å². The predicted molar refractivity (Wildman–Crippen MR) is 101 cm³/mol. The Hall–Kier alpha value is -2.27. The van der Waals surface area contributed by atoms with Crippen LogP contribution in [0.3, 0.4) is 0 Å². The van der Waals surface area contributed by atoms with E-state index in [4.69, 9.17) is 0 Å². The first-order chi connectivity index (χ1) is 12.9. The van der Waals surface area contributed by atoms with Crippen LogP contribution in [0.4, 0.5) is 8.78 Å². The zero-order valence-electron chi connectivity index (χ0n) is 15.7. The number of carboxylic acids is 1. The SMILES string of the molecule is CC(C)c1ccc(C(c2ccc(F)cc2F)N2CCCCC2C(=O)O)cc1. The predicted octanol–water partition coefficient (Wildman–Crippen LogP) is 5.12. The number of halogens is 2. The first-order valence-electron chi connectivity index (χ1n) is 9.42. The van der Waals surface area contributed by atoms with Gasteiger partial charge in [0.2, 0.25) is 0 Å². The van der Waals surface area contributed by atoms with Crippen molar-refractivity contribution in [2.45, 2.75) is 51.1 Å². The molecule has 0 aromatic heterocycles. The van der Waals surface area contributed by atoms with Gasteiger partial charge in [0.05, 0.1) is 6.04 Å². The van der Waals surface area contributed by atoms with Crippen LogP contribution in [-0.4, -0.2) is 28.6 Å². The molecule has 1 N–H and O–H groups in total. The Kier molecular flexibility index (Phi) is 5.90. The number of nitrogens with zero attached hydrogens (tertiary/aromatic N) is 1. The fourth-order valence-corrected chi connectivity index (χ4v) is 3.86. The van der Waals surface area contributed by atoms with Gasteiger partial charge in [0.1, 0.15) is 17.7 Å². The van der Waals surface area contributed by atoms with Crippen LogP contribution in [0.2, 0.25) is 0 Å². The van der Waals surface area contributed by atoms with E-state index in [-0.39, 0.29) is 0 Å². The van der Waals surface area contributed by atoms with Gasteiger partial charge in [-0.1, -0.05) is 50.6 Å². The summed E-state index contributed by atoms with van der Waals surface area (Å²) in [6.07, 6.45) is 2.21. The molecule has 3 rings (SSSR count). The third kappa shape index (κ3) is 4.19. The number of benzene rings is 2. The molecule has 0 bridgehead atoms. The van der Waals surface area contributed by atoms with E-state index in [0.29, 0.717) is 24.4 Å². The topological polar surface area (TPSA) is 40.5 Å². The summed E-state index contributed by atoms with van der Waals surface area (Å²) in [5.41, 5.74) is 2.28.